The largest absolute Gasteiger partial charge is 0.465 e. The summed E-state index contributed by atoms with van der Waals surface area (Å²) in [6, 6.07) is 2.22. The molecule has 2 heterocycles. The van der Waals surface area contributed by atoms with E-state index >= 15 is 0 Å². The summed E-state index contributed by atoms with van der Waals surface area (Å²) in [5.41, 5.74) is 1.30. The minimum absolute atomic E-state index is 0.735. The average molecular weight is 294 g/mol. The van der Waals surface area contributed by atoms with Gasteiger partial charge in [-0.2, -0.15) is 0 Å². The Balaban J connectivity index is 1.79. The van der Waals surface area contributed by atoms with Crippen molar-refractivity contribution in [3.63, 3.8) is 0 Å². The number of aryl methyl sites for hydroxylation is 1. The molecule has 4 heteroatoms. The van der Waals surface area contributed by atoms with Gasteiger partial charge < -0.3 is 14.5 Å². The van der Waals surface area contributed by atoms with Crippen molar-refractivity contribution < 1.29 is 9.15 Å². The Morgan fingerprint density at radius 1 is 1.38 bits per heavy atom. The molecule has 1 aliphatic heterocycles. The number of nitrogens with one attached hydrogen (secondary N) is 1. The quantitative estimate of drug-likeness (QED) is 0.748. The molecule has 2 rings (SSSR count). The van der Waals surface area contributed by atoms with Gasteiger partial charge in [0.05, 0.1) is 6.54 Å². The van der Waals surface area contributed by atoms with Gasteiger partial charge in [-0.15, -0.1) is 0 Å². The van der Waals surface area contributed by atoms with Gasteiger partial charge in [0.25, 0.3) is 0 Å². The highest BCUT2D eigenvalue weighted by Gasteiger charge is 2.20. The molecule has 0 aliphatic carbocycles. The molecule has 1 aromatic heterocycles. The molecular formula is C17H30N2O2. The minimum Gasteiger partial charge on any atom is -0.465 e. The molecule has 1 aromatic rings. The second-order valence-electron chi connectivity index (χ2n) is 6.15. The Kier molecular flexibility index (Phi) is 6.74. The van der Waals surface area contributed by atoms with Gasteiger partial charge in [0.15, 0.2) is 0 Å². The van der Waals surface area contributed by atoms with Crippen LogP contribution in [-0.4, -0.2) is 38.3 Å². The molecule has 1 N–H and O–H groups in total. The molecule has 0 amide bonds. The van der Waals surface area contributed by atoms with Crippen LogP contribution in [0.4, 0.5) is 0 Å². The fourth-order valence-corrected chi connectivity index (χ4v) is 3.01. The summed E-state index contributed by atoms with van der Waals surface area (Å²) in [4.78, 5) is 2.49. The second kappa shape index (κ2) is 8.57. The highest BCUT2D eigenvalue weighted by molar-refractivity contribution is 5.20. The topological polar surface area (TPSA) is 37.6 Å². The van der Waals surface area contributed by atoms with Crippen molar-refractivity contribution >= 4 is 0 Å². The molecule has 0 unspecified atom stereocenters. The van der Waals surface area contributed by atoms with Crippen LogP contribution in [0.1, 0.15) is 43.3 Å². The van der Waals surface area contributed by atoms with Crippen molar-refractivity contribution in [2.75, 3.05) is 33.4 Å². The van der Waals surface area contributed by atoms with Crippen molar-refractivity contribution in [3.8, 4) is 0 Å². The highest BCUT2D eigenvalue weighted by Crippen LogP contribution is 2.21. The van der Waals surface area contributed by atoms with E-state index in [2.05, 4.69) is 30.1 Å². The van der Waals surface area contributed by atoms with Gasteiger partial charge in [0, 0.05) is 25.8 Å². The Morgan fingerprint density at radius 2 is 2.14 bits per heavy atom. The molecule has 1 saturated heterocycles. The summed E-state index contributed by atoms with van der Waals surface area (Å²) in [5, 5.41) is 3.44. The number of hydrogen-bond donors (Lipinski definition) is 1. The van der Waals surface area contributed by atoms with Crippen LogP contribution in [0.2, 0.25) is 0 Å². The van der Waals surface area contributed by atoms with Crippen LogP contribution in [0.25, 0.3) is 0 Å². The number of methoxy groups -OCH3 is 1. The van der Waals surface area contributed by atoms with Crippen molar-refractivity contribution in [2.45, 2.75) is 46.2 Å². The third-order valence-corrected chi connectivity index (χ3v) is 4.30. The van der Waals surface area contributed by atoms with Crippen LogP contribution >= 0.6 is 0 Å². The number of hydrogen-bond acceptors (Lipinski definition) is 4. The molecule has 0 radical (unpaired) electrons. The summed E-state index contributed by atoms with van der Waals surface area (Å²) in [6.07, 6.45) is 3.64. The molecule has 0 spiro atoms. The van der Waals surface area contributed by atoms with Gasteiger partial charge in [-0.05, 0) is 57.8 Å². The molecule has 0 bridgehead atoms. The SMILES string of the molecule is CCCNCc1cc(CN2CCC(COC)CC2)oc1C. The zero-order valence-corrected chi connectivity index (χ0v) is 13.8. The van der Waals surface area contributed by atoms with Crippen LogP contribution < -0.4 is 5.32 Å². The first-order chi connectivity index (χ1) is 10.2. The molecule has 0 saturated carbocycles. The highest BCUT2D eigenvalue weighted by atomic mass is 16.5. The van der Waals surface area contributed by atoms with Crippen molar-refractivity contribution in [3.05, 3.63) is 23.2 Å². The molecule has 120 valence electrons. The molecule has 4 nitrogen and oxygen atoms in total. The molecular weight excluding hydrogens is 264 g/mol. The fourth-order valence-electron chi connectivity index (χ4n) is 3.01. The van der Waals surface area contributed by atoms with Crippen LogP contribution in [0.3, 0.4) is 0 Å². The van der Waals surface area contributed by atoms with E-state index in [1.54, 1.807) is 7.11 Å². The lowest BCUT2D eigenvalue weighted by atomic mass is 9.98. The van der Waals surface area contributed by atoms with Crippen LogP contribution in [-0.2, 0) is 17.8 Å². The fraction of sp³-hybridized carbons (Fsp3) is 0.765. The van der Waals surface area contributed by atoms with E-state index in [4.69, 9.17) is 9.15 Å². The smallest absolute Gasteiger partial charge is 0.118 e. The zero-order valence-electron chi connectivity index (χ0n) is 13.8. The Morgan fingerprint density at radius 3 is 2.81 bits per heavy atom. The Bertz CT molecular complexity index is 409. The standard InChI is InChI=1S/C17H30N2O2/c1-4-7-18-11-16-10-17(21-14(16)2)12-19-8-5-15(6-9-19)13-20-3/h10,15,18H,4-9,11-13H2,1-3H3. The first-order valence-electron chi connectivity index (χ1n) is 8.23. The maximum Gasteiger partial charge on any atom is 0.118 e. The van der Waals surface area contributed by atoms with Crippen LogP contribution in [0.15, 0.2) is 10.5 Å². The second-order valence-corrected chi connectivity index (χ2v) is 6.15. The van der Waals surface area contributed by atoms with Crippen molar-refractivity contribution in [1.29, 1.82) is 0 Å². The third kappa shape index (κ3) is 5.13. The predicted molar refractivity (Wildman–Crippen MR) is 85.3 cm³/mol. The van der Waals surface area contributed by atoms with Gasteiger partial charge in [0.2, 0.25) is 0 Å². The number of ether oxygens (including phenoxy) is 1. The summed E-state index contributed by atoms with van der Waals surface area (Å²) < 4.78 is 11.2. The lowest BCUT2D eigenvalue weighted by Gasteiger charge is -2.30. The van der Waals surface area contributed by atoms with Crippen LogP contribution in [0, 0.1) is 12.8 Å². The van der Waals surface area contributed by atoms with Crippen molar-refractivity contribution in [2.24, 2.45) is 5.92 Å². The summed E-state index contributed by atoms with van der Waals surface area (Å²) >= 11 is 0. The van der Waals surface area contributed by atoms with Gasteiger partial charge in [-0.25, -0.2) is 0 Å². The molecule has 0 atom stereocenters. The monoisotopic (exact) mass is 294 g/mol. The number of rotatable bonds is 8. The molecule has 21 heavy (non-hydrogen) atoms. The number of furan rings is 1. The maximum atomic E-state index is 5.92. The van der Waals surface area contributed by atoms with E-state index in [1.165, 1.54) is 24.8 Å². The van der Waals surface area contributed by atoms with Gasteiger partial charge in [0.1, 0.15) is 11.5 Å². The molecule has 1 aliphatic rings. The average Bonchev–Trinajstić information content (AvgIpc) is 2.82. The molecule has 1 fully saturated rings. The summed E-state index contributed by atoms with van der Waals surface area (Å²) in [5.74, 6) is 2.90. The van der Waals surface area contributed by atoms with Crippen LogP contribution in [0.5, 0.6) is 0 Å². The molecule has 0 aromatic carbocycles. The lowest BCUT2D eigenvalue weighted by molar-refractivity contribution is 0.0938. The van der Waals surface area contributed by atoms with E-state index in [0.717, 1.165) is 56.8 Å². The number of likely N-dealkylation sites (tertiary alicyclic amines) is 1. The number of nitrogens with zero attached hydrogens (tertiary/aromatic N) is 1. The van der Waals surface area contributed by atoms with Gasteiger partial charge >= 0.3 is 0 Å². The maximum absolute atomic E-state index is 5.92. The third-order valence-electron chi connectivity index (χ3n) is 4.30. The van der Waals surface area contributed by atoms with Crippen molar-refractivity contribution in [1.82, 2.24) is 10.2 Å². The normalized spacial score (nSPS) is 17.5. The van der Waals surface area contributed by atoms with Gasteiger partial charge in [-0.3, -0.25) is 4.90 Å². The van der Waals surface area contributed by atoms with E-state index < -0.39 is 0 Å². The minimum atomic E-state index is 0.735. The van der Waals surface area contributed by atoms with E-state index in [9.17, 15) is 0 Å². The number of piperidine rings is 1. The Hall–Kier alpha value is -0.840. The summed E-state index contributed by atoms with van der Waals surface area (Å²) in [7, 11) is 1.80. The van der Waals surface area contributed by atoms with E-state index in [-0.39, 0.29) is 0 Å². The first kappa shape index (κ1) is 16.5. The van der Waals surface area contributed by atoms with E-state index in [1.807, 2.05) is 0 Å². The summed E-state index contributed by atoms with van der Waals surface area (Å²) in [6.45, 7) is 10.4. The Labute approximate surface area is 128 Å². The van der Waals surface area contributed by atoms with E-state index in [0.29, 0.717) is 0 Å². The predicted octanol–water partition coefficient (Wildman–Crippen LogP) is 2.95. The van der Waals surface area contributed by atoms with Gasteiger partial charge in [-0.1, -0.05) is 6.92 Å². The lowest BCUT2D eigenvalue weighted by Crippen LogP contribution is -2.34. The zero-order chi connectivity index (χ0) is 15.1. The first-order valence-corrected chi connectivity index (χ1v) is 8.23.